The molecule has 4 aromatic rings. The Bertz CT molecular complexity index is 1220. The van der Waals surface area contributed by atoms with E-state index in [1.807, 2.05) is 42.5 Å². The summed E-state index contributed by atoms with van der Waals surface area (Å²) >= 11 is 0. The molecule has 0 radical (unpaired) electrons. The number of fused-ring (bicyclic) bond motifs is 1. The summed E-state index contributed by atoms with van der Waals surface area (Å²) in [6, 6.07) is 19.7. The Hall–Kier alpha value is -3.73. The second-order valence-corrected chi connectivity index (χ2v) is 7.30. The van der Waals surface area contributed by atoms with Gasteiger partial charge in [-0.1, -0.05) is 42.5 Å². The predicted molar refractivity (Wildman–Crippen MR) is 114 cm³/mol. The number of nitrogens with one attached hydrogen (secondary N) is 1. The molecule has 0 unspecified atom stereocenters. The van der Waals surface area contributed by atoms with Crippen molar-refractivity contribution in [3.05, 3.63) is 84.2 Å². The van der Waals surface area contributed by atoms with Gasteiger partial charge in [0.1, 0.15) is 11.4 Å². The predicted octanol–water partition coefficient (Wildman–Crippen LogP) is 5.62. The van der Waals surface area contributed by atoms with Gasteiger partial charge in [0.25, 0.3) is 0 Å². The molecule has 0 bridgehead atoms. The normalized spacial score (nSPS) is 13.4. The van der Waals surface area contributed by atoms with Gasteiger partial charge >= 0.3 is 5.97 Å². The molecular weight excluding hydrogens is 362 g/mol. The molecule has 142 valence electrons. The fourth-order valence-electron chi connectivity index (χ4n) is 3.66. The number of carboxylic acids is 1. The SMILES string of the molecule is O=C(O)c1cc(C2CC2)cnc1Nc1cccc2c(-c3ccccc3)ccnc12. The lowest BCUT2D eigenvalue weighted by molar-refractivity contribution is 0.0697. The van der Waals surface area contributed by atoms with Crippen LogP contribution in [0.5, 0.6) is 0 Å². The van der Waals surface area contributed by atoms with Gasteiger partial charge < -0.3 is 10.4 Å². The average molecular weight is 381 g/mol. The molecule has 2 N–H and O–H groups in total. The van der Waals surface area contributed by atoms with Crippen molar-refractivity contribution in [2.45, 2.75) is 18.8 Å². The zero-order valence-electron chi connectivity index (χ0n) is 15.7. The maximum absolute atomic E-state index is 11.8. The van der Waals surface area contributed by atoms with Crippen LogP contribution in [-0.4, -0.2) is 21.0 Å². The van der Waals surface area contributed by atoms with E-state index in [0.29, 0.717) is 11.7 Å². The van der Waals surface area contributed by atoms with Gasteiger partial charge in [-0.2, -0.15) is 0 Å². The molecule has 5 rings (SSSR count). The molecule has 0 atom stereocenters. The van der Waals surface area contributed by atoms with Crippen molar-refractivity contribution in [2.75, 3.05) is 5.32 Å². The summed E-state index contributed by atoms with van der Waals surface area (Å²) in [5.74, 6) is -0.204. The second kappa shape index (κ2) is 7.02. The lowest BCUT2D eigenvalue weighted by atomic mass is 10.0. The molecule has 2 aromatic heterocycles. The molecule has 0 aliphatic heterocycles. The number of anilines is 2. The Kier molecular flexibility index (Phi) is 4.21. The monoisotopic (exact) mass is 381 g/mol. The van der Waals surface area contributed by atoms with E-state index in [1.54, 1.807) is 18.5 Å². The molecule has 2 heterocycles. The van der Waals surface area contributed by atoms with Crippen LogP contribution in [0.2, 0.25) is 0 Å². The summed E-state index contributed by atoms with van der Waals surface area (Å²) < 4.78 is 0. The quantitative estimate of drug-likeness (QED) is 0.469. The third-order valence-corrected chi connectivity index (χ3v) is 5.30. The van der Waals surface area contributed by atoms with Crippen molar-refractivity contribution in [3.63, 3.8) is 0 Å². The van der Waals surface area contributed by atoms with Crippen LogP contribution in [0.4, 0.5) is 11.5 Å². The molecule has 29 heavy (non-hydrogen) atoms. The largest absolute Gasteiger partial charge is 0.478 e. The number of carbonyl (C=O) groups is 1. The first-order valence-corrected chi connectivity index (χ1v) is 9.64. The van der Waals surface area contributed by atoms with E-state index in [9.17, 15) is 9.90 Å². The number of carboxylic acid groups (broad SMARTS) is 1. The van der Waals surface area contributed by atoms with Crippen LogP contribution in [0.25, 0.3) is 22.0 Å². The standard InChI is InChI=1S/C24H19N3O2/c28-24(29)20-13-17(15-9-10-15)14-26-23(20)27-21-8-4-7-19-18(11-12-25-22(19)21)16-5-2-1-3-6-16/h1-8,11-15H,9-10H2,(H,26,27)(H,28,29). The molecule has 0 amide bonds. The van der Waals surface area contributed by atoms with E-state index in [4.69, 9.17) is 0 Å². The molecule has 1 fully saturated rings. The highest BCUT2D eigenvalue weighted by molar-refractivity contribution is 6.02. The number of rotatable bonds is 5. The summed E-state index contributed by atoms with van der Waals surface area (Å²) in [4.78, 5) is 20.8. The lowest BCUT2D eigenvalue weighted by Gasteiger charge is -2.13. The Morgan fingerprint density at radius 3 is 2.59 bits per heavy atom. The van der Waals surface area contributed by atoms with E-state index in [1.165, 1.54) is 0 Å². The maximum Gasteiger partial charge on any atom is 0.339 e. The fourth-order valence-corrected chi connectivity index (χ4v) is 3.66. The van der Waals surface area contributed by atoms with Crippen molar-refractivity contribution in [2.24, 2.45) is 0 Å². The maximum atomic E-state index is 11.8. The zero-order valence-corrected chi connectivity index (χ0v) is 15.7. The van der Waals surface area contributed by atoms with E-state index in [2.05, 4.69) is 27.4 Å². The Balaban J connectivity index is 1.59. The Morgan fingerprint density at radius 2 is 1.83 bits per heavy atom. The molecule has 0 saturated heterocycles. The minimum absolute atomic E-state index is 0.186. The number of benzene rings is 2. The van der Waals surface area contributed by atoms with Gasteiger partial charge in [-0.3, -0.25) is 4.98 Å². The van der Waals surface area contributed by atoms with Gasteiger partial charge in [-0.05, 0) is 53.6 Å². The van der Waals surface area contributed by atoms with Crippen LogP contribution < -0.4 is 5.32 Å². The van der Waals surface area contributed by atoms with Crippen molar-refractivity contribution in [3.8, 4) is 11.1 Å². The number of hydrogen-bond acceptors (Lipinski definition) is 4. The second-order valence-electron chi connectivity index (χ2n) is 7.30. The smallest absolute Gasteiger partial charge is 0.339 e. The zero-order chi connectivity index (χ0) is 19.8. The van der Waals surface area contributed by atoms with Crippen LogP contribution in [0, 0.1) is 0 Å². The highest BCUT2D eigenvalue weighted by Crippen LogP contribution is 2.41. The van der Waals surface area contributed by atoms with Crippen molar-refractivity contribution >= 4 is 28.4 Å². The van der Waals surface area contributed by atoms with E-state index in [0.717, 1.165) is 46.1 Å². The van der Waals surface area contributed by atoms with Crippen molar-refractivity contribution in [1.29, 1.82) is 0 Å². The van der Waals surface area contributed by atoms with Gasteiger partial charge in [0.2, 0.25) is 0 Å². The minimum Gasteiger partial charge on any atom is -0.478 e. The highest BCUT2D eigenvalue weighted by Gasteiger charge is 2.26. The molecule has 1 aliphatic rings. The third-order valence-electron chi connectivity index (χ3n) is 5.30. The Morgan fingerprint density at radius 1 is 1.00 bits per heavy atom. The number of pyridine rings is 2. The fraction of sp³-hybridized carbons (Fsp3) is 0.125. The van der Waals surface area contributed by atoms with Crippen LogP contribution in [-0.2, 0) is 0 Å². The van der Waals surface area contributed by atoms with Gasteiger partial charge in [0.15, 0.2) is 0 Å². The molecule has 0 spiro atoms. The topological polar surface area (TPSA) is 75.1 Å². The first-order chi connectivity index (χ1) is 14.2. The van der Waals surface area contributed by atoms with Crippen LogP contribution in [0.1, 0.15) is 34.7 Å². The average Bonchev–Trinajstić information content (AvgIpc) is 3.60. The third kappa shape index (κ3) is 3.31. The van der Waals surface area contributed by atoms with Crippen LogP contribution >= 0.6 is 0 Å². The summed E-state index contributed by atoms with van der Waals surface area (Å²) in [6.07, 6.45) is 5.75. The molecule has 5 heteroatoms. The van der Waals surface area contributed by atoms with E-state index >= 15 is 0 Å². The Labute approximate surface area is 168 Å². The summed E-state index contributed by atoms with van der Waals surface area (Å²) in [6.45, 7) is 0. The number of aromatic nitrogens is 2. The van der Waals surface area contributed by atoms with Gasteiger partial charge in [0.05, 0.1) is 11.2 Å². The number of aromatic carboxylic acids is 1. The molecule has 5 nitrogen and oxygen atoms in total. The lowest BCUT2D eigenvalue weighted by Crippen LogP contribution is -2.06. The van der Waals surface area contributed by atoms with Crippen LogP contribution in [0.3, 0.4) is 0 Å². The summed E-state index contributed by atoms with van der Waals surface area (Å²) in [7, 11) is 0. The molecular formula is C24H19N3O2. The first-order valence-electron chi connectivity index (χ1n) is 9.64. The van der Waals surface area contributed by atoms with Crippen LogP contribution in [0.15, 0.2) is 73.1 Å². The van der Waals surface area contributed by atoms with E-state index in [-0.39, 0.29) is 5.56 Å². The first kappa shape index (κ1) is 17.4. The van der Waals surface area contributed by atoms with E-state index < -0.39 is 5.97 Å². The molecule has 1 saturated carbocycles. The highest BCUT2D eigenvalue weighted by atomic mass is 16.4. The van der Waals surface area contributed by atoms with Crippen molar-refractivity contribution < 1.29 is 9.90 Å². The van der Waals surface area contributed by atoms with Crippen molar-refractivity contribution in [1.82, 2.24) is 9.97 Å². The number of para-hydroxylation sites is 1. The molecule has 2 aromatic carbocycles. The summed E-state index contributed by atoms with van der Waals surface area (Å²) in [5.41, 5.74) is 4.87. The number of hydrogen-bond donors (Lipinski definition) is 2. The number of nitrogens with zero attached hydrogens (tertiary/aromatic N) is 2. The molecule has 1 aliphatic carbocycles. The summed E-state index contributed by atoms with van der Waals surface area (Å²) in [5, 5.41) is 13.9. The van der Waals surface area contributed by atoms with Gasteiger partial charge in [-0.15, -0.1) is 0 Å². The minimum atomic E-state index is -0.985. The van der Waals surface area contributed by atoms with Gasteiger partial charge in [0, 0.05) is 17.8 Å². The van der Waals surface area contributed by atoms with Gasteiger partial charge in [-0.25, -0.2) is 9.78 Å².